The van der Waals surface area contributed by atoms with E-state index in [1.807, 2.05) is 23.1 Å². The number of thioether (sulfide) groups is 1. The lowest BCUT2D eigenvalue weighted by Crippen LogP contribution is -2.46. The van der Waals surface area contributed by atoms with Crippen LogP contribution in [0.1, 0.15) is 33.4 Å². The molecule has 1 saturated heterocycles. The third kappa shape index (κ3) is 4.54. The molecule has 1 aliphatic heterocycles. The van der Waals surface area contributed by atoms with Crippen molar-refractivity contribution in [2.45, 2.75) is 43.4 Å². The van der Waals surface area contributed by atoms with Gasteiger partial charge in [-0.15, -0.1) is 34.4 Å². The number of hydrogen-bond donors (Lipinski definition) is 0. The maximum absolute atomic E-state index is 5.17. The molecular weight excluding hydrogens is 467 g/mol. The highest BCUT2D eigenvalue weighted by Crippen LogP contribution is 2.41. The molecule has 0 saturated carbocycles. The van der Waals surface area contributed by atoms with E-state index < -0.39 is 0 Å². The Bertz CT molecular complexity index is 1260. The Morgan fingerprint density at radius 1 is 1.00 bits per heavy atom. The van der Waals surface area contributed by atoms with E-state index in [2.05, 4.69) is 57.4 Å². The fourth-order valence-electron chi connectivity index (χ4n) is 4.81. The number of hydrogen-bond acceptors (Lipinski definition) is 8. The molecule has 0 bridgehead atoms. The molecule has 0 N–H and O–H groups in total. The predicted octanol–water partition coefficient (Wildman–Crippen LogP) is 5.56. The van der Waals surface area contributed by atoms with Crippen LogP contribution in [0.15, 0.2) is 40.6 Å². The van der Waals surface area contributed by atoms with E-state index in [0.717, 1.165) is 49.3 Å². The molecule has 8 heteroatoms. The zero-order chi connectivity index (χ0) is 22.2. The van der Waals surface area contributed by atoms with E-state index >= 15 is 0 Å². The third-order valence-corrected chi connectivity index (χ3v) is 9.44. The first kappa shape index (κ1) is 21.5. The molecule has 170 valence electrons. The smallest absolute Gasteiger partial charge is 0.142 e. The highest BCUT2D eigenvalue weighted by atomic mass is 32.2. The van der Waals surface area contributed by atoms with Crippen molar-refractivity contribution in [1.29, 1.82) is 0 Å². The second-order valence-electron chi connectivity index (χ2n) is 8.72. The summed E-state index contributed by atoms with van der Waals surface area (Å²) < 4.78 is 0. The molecule has 0 atom stereocenters. The lowest BCUT2D eigenvalue weighted by Gasteiger charge is -2.35. The van der Waals surface area contributed by atoms with Crippen LogP contribution in [0.4, 0.5) is 5.82 Å². The van der Waals surface area contributed by atoms with E-state index in [1.54, 1.807) is 11.3 Å². The van der Waals surface area contributed by atoms with E-state index in [9.17, 15) is 0 Å². The molecule has 0 amide bonds. The Labute approximate surface area is 206 Å². The van der Waals surface area contributed by atoms with Gasteiger partial charge in [0.1, 0.15) is 16.5 Å². The van der Waals surface area contributed by atoms with E-state index in [4.69, 9.17) is 9.97 Å². The summed E-state index contributed by atoms with van der Waals surface area (Å²) in [5.74, 6) is 2.93. The summed E-state index contributed by atoms with van der Waals surface area (Å²) in [5.41, 5.74) is 2.72. The van der Waals surface area contributed by atoms with Crippen LogP contribution in [0.2, 0.25) is 0 Å². The molecule has 4 aromatic rings. The van der Waals surface area contributed by atoms with Crippen LogP contribution in [0.3, 0.4) is 0 Å². The minimum absolute atomic E-state index is 0.804. The summed E-state index contributed by atoms with van der Waals surface area (Å²) in [6.45, 7) is 7.13. The molecule has 0 unspecified atom stereocenters. The molecule has 1 fully saturated rings. The molecule has 33 heavy (non-hydrogen) atoms. The number of piperazine rings is 1. The number of benzene rings is 1. The second-order valence-corrected chi connectivity index (χ2v) is 11.9. The average molecular weight is 494 g/mol. The molecule has 1 aliphatic carbocycles. The van der Waals surface area contributed by atoms with E-state index in [1.165, 1.54) is 56.3 Å². The highest BCUT2D eigenvalue weighted by Gasteiger charge is 2.27. The van der Waals surface area contributed by atoms with Crippen molar-refractivity contribution in [3.63, 3.8) is 0 Å². The maximum atomic E-state index is 5.17. The van der Waals surface area contributed by atoms with E-state index in [-0.39, 0.29) is 0 Å². The van der Waals surface area contributed by atoms with Gasteiger partial charge in [-0.25, -0.2) is 15.0 Å². The number of thiazole rings is 1. The summed E-state index contributed by atoms with van der Waals surface area (Å²) in [6, 6.07) is 10.6. The Morgan fingerprint density at radius 2 is 1.85 bits per heavy atom. The summed E-state index contributed by atoms with van der Waals surface area (Å²) in [5, 5.41) is 4.69. The molecule has 0 radical (unpaired) electrons. The Morgan fingerprint density at radius 3 is 2.64 bits per heavy atom. The van der Waals surface area contributed by atoms with Gasteiger partial charge in [-0.1, -0.05) is 18.2 Å². The largest absolute Gasteiger partial charge is 0.353 e. The first-order valence-corrected chi connectivity index (χ1v) is 14.3. The van der Waals surface area contributed by atoms with Gasteiger partial charge < -0.3 is 4.90 Å². The molecule has 4 heterocycles. The quantitative estimate of drug-likeness (QED) is 0.328. The van der Waals surface area contributed by atoms with Crippen LogP contribution in [0.5, 0.6) is 0 Å². The number of nitrogens with zero attached hydrogens (tertiary/aromatic N) is 5. The van der Waals surface area contributed by atoms with Gasteiger partial charge in [0.15, 0.2) is 0 Å². The number of thiophene rings is 1. The first-order chi connectivity index (χ1) is 16.2. The van der Waals surface area contributed by atoms with Crippen LogP contribution >= 0.6 is 34.4 Å². The standard InChI is InChI=1S/C25H27N5S3/c1-17-26-18(15-31-17)14-29-10-12-30(13-11-29)24-23-20-8-5-9-21(20)33-25(23)28-22(27-24)16-32-19-6-3-2-4-7-19/h2-4,6-7,15H,5,8-14,16H2,1H3. The summed E-state index contributed by atoms with van der Waals surface area (Å²) >= 11 is 5.46. The van der Waals surface area contributed by atoms with Crippen LogP contribution in [0, 0.1) is 6.92 Å². The number of aryl methyl sites for hydroxylation is 3. The minimum atomic E-state index is 0.804. The van der Waals surface area contributed by atoms with Crippen molar-refractivity contribution >= 4 is 50.5 Å². The minimum Gasteiger partial charge on any atom is -0.353 e. The molecule has 0 spiro atoms. The topological polar surface area (TPSA) is 45.2 Å². The Hall–Kier alpha value is -2.00. The summed E-state index contributed by atoms with van der Waals surface area (Å²) in [7, 11) is 0. The van der Waals surface area contributed by atoms with Gasteiger partial charge in [0.2, 0.25) is 0 Å². The van der Waals surface area contributed by atoms with Crippen molar-refractivity contribution in [1.82, 2.24) is 19.9 Å². The van der Waals surface area contributed by atoms with Crippen LogP contribution in [-0.2, 0) is 25.1 Å². The average Bonchev–Trinajstić information content (AvgIpc) is 3.54. The SMILES string of the molecule is Cc1nc(CN2CCN(c3nc(CSc4ccccc4)nc4sc5c(c34)CCC5)CC2)cs1. The molecule has 2 aliphatic rings. The van der Waals surface area contributed by atoms with Gasteiger partial charge in [-0.2, -0.15) is 0 Å². The van der Waals surface area contributed by atoms with E-state index in [0.29, 0.717) is 0 Å². The second kappa shape index (κ2) is 9.33. The predicted molar refractivity (Wildman–Crippen MR) is 140 cm³/mol. The zero-order valence-corrected chi connectivity index (χ0v) is 21.2. The van der Waals surface area contributed by atoms with Crippen LogP contribution in [0.25, 0.3) is 10.2 Å². The lowest BCUT2D eigenvalue weighted by atomic mass is 10.1. The molecule has 1 aromatic carbocycles. The summed E-state index contributed by atoms with van der Waals surface area (Å²) in [4.78, 5) is 23.9. The monoisotopic (exact) mass is 493 g/mol. The number of rotatable bonds is 6. The highest BCUT2D eigenvalue weighted by molar-refractivity contribution is 7.98. The van der Waals surface area contributed by atoms with Gasteiger partial charge in [-0.05, 0) is 43.9 Å². The van der Waals surface area contributed by atoms with Crippen molar-refractivity contribution in [2.24, 2.45) is 0 Å². The van der Waals surface area contributed by atoms with Crippen molar-refractivity contribution in [2.75, 3.05) is 31.1 Å². The lowest BCUT2D eigenvalue weighted by molar-refractivity contribution is 0.247. The summed E-state index contributed by atoms with van der Waals surface area (Å²) in [6.07, 6.45) is 3.64. The molecule has 6 rings (SSSR count). The number of aromatic nitrogens is 3. The normalized spacial score (nSPS) is 16.6. The van der Waals surface area contributed by atoms with Crippen LogP contribution < -0.4 is 4.90 Å². The number of fused-ring (bicyclic) bond motifs is 3. The Kier molecular flexibility index (Phi) is 6.09. The van der Waals surface area contributed by atoms with Gasteiger partial charge >= 0.3 is 0 Å². The third-order valence-electron chi connectivity index (χ3n) is 6.43. The van der Waals surface area contributed by atoms with Crippen molar-refractivity contribution in [3.8, 4) is 0 Å². The van der Waals surface area contributed by atoms with Crippen molar-refractivity contribution in [3.05, 3.63) is 62.7 Å². The van der Waals surface area contributed by atoms with Crippen LogP contribution in [-0.4, -0.2) is 46.0 Å². The van der Waals surface area contributed by atoms with Crippen molar-refractivity contribution < 1.29 is 0 Å². The molecule has 5 nitrogen and oxygen atoms in total. The molecule has 3 aromatic heterocycles. The Balaban J connectivity index is 1.25. The maximum Gasteiger partial charge on any atom is 0.142 e. The zero-order valence-electron chi connectivity index (χ0n) is 18.8. The fourth-order valence-corrected chi connectivity index (χ4v) is 7.46. The fraction of sp³-hybridized carbons (Fsp3) is 0.400. The van der Waals surface area contributed by atoms with Gasteiger partial charge in [0, 0.05) is 47.9 Å². The van der Waals surface area contributed by atoms with Gasteiger partial charge in [0.05, 0.1) is 21.8 Å². The van der Waals surface area contributed by atoms with Gasteiger partial charge in [0.25, 0.3) is 0 Å². The number of anilines is 1. The molecular formula is C25H27N5S3. The van der Waals surface area contributed by atoms with Gasteiger partial charge in [-0.3, -0.25) is 4.90 Å². The first-order valence-electron chi connectivity index (χ1n) is 11.6.